The maximum atomic E-state index is 12.7. The fourth-order valence-corrected chi connectivity index (χ4v) is 2.85. The zero-order chi connectivity index (χ0) is 17.5. The summed E-state index contributed by atoms with van der Waals surface area (Å²) in [6.07, 6.45) is 2.45. The molecular weight excluding hydrogens is 312 g/mol. The van der Waals surface area contributed by atoms with Crippen LogP contribution in [0.5, 0.6) is 5.75 Å². The van der Waals surface area contributed by atoms with Gasteiger partial charge in [-0.25, -0.2) is 4.79 Å². The Labute approximate surface area is 149 Å². The van der Waals surface area contributed by atoms with Crippen molar-refractivity contribution < 1.29 is 9.53 Å². The van der Waals surface area contributed by atoms with Crippen molar-refractivity contribution in [2.75, 3.05) is 19.7 Å². The van der Waals surface area contributed by atoms with Crippen LogP contribution in [-0.2, 0) is 0 Å². The van der Waals surface area contributed by atoms with Crippen molar-refractivity contribution in [2.45, 2.75) is 25.8 Å². The molecule has 2 aromatic carbocycles. The molecule has 0 bridgehead atoms. The number of rotatable bonds is 8. The Morgan fingerprint density at radius 1 is 1.12 bits per heavy atom. The van der Waals surface area contributed by atoms with Crippen molar-refractivity contribution in [3.63, 3.8) is 0 Å². The molecule has 2 amide bonds. The highest BCUT2D eigenvalue weighted by Gasteiger charge is 2.29. The lowest BCUT2D eigenvalue weighted by Gasteiger charge is -2.30. The number of carbonyl (C=O) groups excluding carboxylic acids is 1. The third-order valence-electron chi connectivity index (χ3n) is 4.55. The lowest BCUT2D eigenvalue weighted by Crippen LogP contribution is -2.43. The van der Waals surface area contributed by atoms with Gasteiger partial charge < -0.3 is 15.0 Å². The third-order valence-corrected chi connectivity index (χ3v) is 4.55. The first kappa shape index (κ1) is 17.3. The van der Waals surface area contributed by atoms with Crippen molar-refractivity contribution in [1.29, 1.82) is 0 Å². The Morgan fingerprint density at radius 2 is 1.76 bits per heavy atom. The van der Waals surface area contributed by atoms with Crippen molar-refractivity contribution >= 4 is 6.03 Å². The van der Waals surface area contributed by atoms with Gasteiger partial charge in [-0.15, -0.1) is 0 Å². The Kier molecular flexibility index (Phi) is 5.94. The van der Waals surface area contributed by atoms with Crippen LogP contribution in [-0.4, -0.2) is 30.6 Å². The van der Waals surface area contributed by atoms with Crippen LogP contribution in [0.15, 0.2) is 60.7 Å². The van der Waals surface area contributed by atoms with Crippen molar-refractivity contribution in [2.24, 2.45) is 5.92 Å². The fraction of sp³-hybridized carbons (Fsp3) is 0.381. The summed E-state index contributed by atoms with van der Waals surface area (Å²) in [5, 5.41) is 3.00. The molecule has 0 aromatic heterocycles. The van der Waals surface area contributed by atoms with Gasteiger partial charge in [-0.05, 0) is 43.4 Å². The van der Waals surface area contributed by atoms with E-state index in [-0.39, 0.29) is 12.1 Å². The summed E-state index contributed by atoms with van der Waals surface area (Å²) in [6, 6.07) is 19.9. The molecule has 1 atom stereocenters. The molecule has 0 radical (unpaired) electrons. The van der Waals surface area contributed by atoms with Gasteiger partial charge in [0.25, 0.3) is 0 Å². The number of nitrogens with one attached hydrogen (secondary N) is 1. The molecule has 1 fully saturated rings. The van der Waals surface area contributed by atoms with Crippen LogP contribution in [0.4, 0.5) is 4.79 Å². The van der Waals surface area contributed by atoms with Gasteiger partial charge in [-0.1, -0.05) is 48.5 Å². The van der Waals surface area contributed by atoms with Crippen LogP contribution in [0.1, 0.15) is 31.4 Å². The van der Waals surface area contributed by atoms with E-state index in [1.54, 1.807) is 0 Å². The maximum Gasteiger partial charge on any atom is 0.318 e. The number of hydrogen-bond donors (Lipinski definition) is 1. The summed E-state index contributed by atoms with van der Waals surface area (Å²) >= 11 is 0. The summed E-state index contributed by atoms with van der Waals surface area (Å²) in [5.41, 5.74) is 1.17. The van der Waals surface area contributed by atoms with Gasteiger partial charge in [-0.3, -0.25) is 0 Å². The summed E-state index contributed by atoms with van der Waals surface area (Å²) in [6.45, 7) is 3.88. The maximum absolute atomic E-state index is 12.7. The average molecular weight is 338 g/mol. The quantitative estimate of drug-likeness (QED) is 0.731. The SMILES string of the molecule is CC(c1ccccc1)N(CC1CC1)C(=O)NCCOc1ccccc1. The van der Waals surface area contributed by atoms with E-state index in [4.69, 9.17) is 4.74 Å². The molecular formula is C21H26N2O2. The topological polar surface area (TPSA) is 41.6 Å². The standard InChI is InChI=1S/C21H26N2O2/c1-17(19-8-4-2-5-9-19)23(16-18-12-13-18)21(24)22-14-15-25-20-10-6-3-7-11-20/h2-11,17-18H,12-16H2,1H3,(H,22,24). The van der Waals surface area contributed by atoms with E-state index in [1.165, 1.54) is 18.4 Å². The van der Waals surface area contributed by atoms with Gasteiger partial charge in [-0.2, -0.15) is 0 Å². The molecule has 2 aromatic rings. The Morgan fingerprint density at radius 3 is 2.40 bits per heavy atom. The van der Waals surface area contributed by atoms with Gasteiger partial charge in [0.05, 0.1) is 12.6 Å². The van der Waals surface area contributed by atoms with E-state index in [1.807, 2.05) is 53.4 Å². The van der Waals surface area contributed by atoms with Gasteiger partial charge in [0.1, 0.15) is 12.4 Å². The predicted octanol–water partition coefficient (Wildman–Crippen LogP) is 4.25. The van der Waals surface area contributed by atoms with Gasteiger partial charge in [0.2, 0.25) is 0 Å². The largest absolute Gasteiger partial charge is 0.492 e. The summed E-state index contributed by atoms with van der Waals surface area (Å²) in [5.74, 6) is 1.47. The van der Waals surface area contributed by atoms with Gasteiger partial charge in [0, 0.05) is 6.54 Å². The van der Waals surface area contributed by atoms with E-state index in [0.717, 1.165) is 12.3 Å². The molecule has 3 rings (SSSR count). The molecule has 132 valence electrons. The van der Waals surface area contributed by atoms with E-state index in [0.29, 0.717) is 19.1 Å². The first-order valence-corrected chi connectivity index (χ1v) is 9.01. The fourth-order valence-electron chi connectivity index (χ4n) is 2.85. The monoisotopic (exact) mass is 338 g/mol. The highest BCUT2D eigenvalue weighted by Crippen LogP contribution is 2.32. The number of amides is 2. The zero-order valence-corrected chi connectivity index (χ0v) is 14.7. The van der Waals surface area contributed by atoms with Gasteiger partial charge in [0.15, 0.2) is 0 Å². The van der Waals surface area contributed by atoms with Crippen LogP contribution in [0.25, 0.3) is 0 Å². The summed E-state index contributed by atoms with van der Waals surface area (Å²) in [4.78, 5) is 14.6. The molecule has 4 heteroatoms. The van der Waals surface area contributed by atoms with Crippen LogP contribution < -0.4 is 10.1 Å². The lowest BCUT2D eigenvalue weighted by molar-refractivity contribution is 0.173. The number of hydrogen-bond acceptors (Lipinski definition) is 2. The average Bonchev–Trinajstić information content (AvgIpc) is 3.48. The van der Waals surface area contributed by atoms with Gasteiger partial charge >= 0.3 is 6.03 Å². The molecule has 0 saturated heterocycles. The minimum Gasteiger partial charge on any atom is -0.492 e. The second-order valence-electron chi connectivity index (χ2n) is 6.58. The van der Waals surface area contributed by atoms with E-state index in [2.05, 4.69) is 24.4 Å². The third kappa shape index (κ3) is 5.24. The summed E-state index contributed by atoms with van der Waals surface area (Å²) < 4.78 is 5.64. The lowest BCUT2D eigenvalue weighted by atomic mass is 10.1. The molecule has 1 aliphatic carbocycles. The normalized spacial score (nSPS) is 14.6. The molecule has 0 heterocycles. The smallest absolute Gasteiger partial charge is 0.318 e. The number of para-hydroxylation sites is 1. The Hall–Kier alpha value is -2.49. The second kappa shape index (κ2) is 8.56. The predicted molar refractivity (Wildman–Crippen MR) is 99.6 cm³/mol. The molecule has 1 unspecified atom stereocenters. The Bertz CT molecular complexity index is 656. The number of urea groups is 1. The van der Waals surface area contributed by atoms with Crippen LogP contribution in [0, 0.1) is 5.92 Å². The first-order chi connectivity index (χ1) is 12.2. The van der Waals surface area contributed by atoms with Crippen molar-refractivity contribution in [3.05, 3.63) is 66.2 Å². The highest BCUT2D eigenvalue weighted by atomic mass is 16.5. The Balaban J connectivity index is 1.52. The molecule has 1 aliphatic rings. The summed E-state index contributed by atoms with van der Waals surface area (Å²) in [7, 11) is 0. The highest BCUT2D eigenvalue weighted by molar-refractivity contribution is 5.74. The second-order valence-corrected chi connectivity index (χ2v) is 6.58. The number of benzene rings is 2. The molecule has 4 nitrogen and oxygen atoms in total. The molecule has 0 aliphatic heterocycles. The van der Waals surface area contributed by atoms with Crippen LogP contribution in [0.3, 0.4) is 0 Å². The van der Waals surface area contributed by atoms with Crippen molar-refractivity contribution in [1.82, 2.24) is 10.2 Å². The van der Waals surface area contributed by atoms with E-state index in [9.17, 15) is 4.79 Å². The number of nitrogens with zero attached hydrogens (tertiary/aromatic N) is 1. The van der Waals surface area contributed by atoms with Crippen molar-refractivity contribution in [3.8, 4) is 5.75 Å². The zero-order valence-electron chi connectivity index (χ0n) is 14.7. The molecule has 0 spiro atoms. The minimum atomic E-state index is -0.0140. The van der Waals surface area contributed by atoms with Crippen LogP contribution >= 0.6 is 0 Å². The number of carbonyl (C=O) groups is 1. The number of ether oxygens (including phenoxy) is 1. The van der Waals surface area contributed by atoms with Crippen LogP contribution in [0.2, 0.25) is 0 Å². The minimum absolute atomic E-state index is 0.0140. The molecule has 1 saturated carbocycles. The van der Waals surface area contributed by atoms with E-state index >= 15 is 0 Å². The molecule has 1 N–H and O–H groups in total. The van der Waals surface area contributed by atoms with E-state index < -0.39 is 0 Å². The molecule has 25 heavy (non-hydrogen) atoms. The first-order valence-electron chi connectivity index (χ1n) is 9.01.